The Hall–Kier alpha value is 0. The van der Waals surface area contributed by atoms with E-state index in [-0.39, 0.29) is 0 Å². The van der Waals surface area contributed by atoms with E-state index in [4.69, 9.17) is 0 Å². The van der Waals surface area contributed by atoms with Crippen molar-refractivity contribution in [2.75, 3.05) is 0 Å². The number of rotatable bonds is 5. The molecule has 0 bridgehead atoms. The largest absolute Gasteiger partial charge is 0.0654 e. The van der Waals surface area contributed by atoms with Gasteiger partial charge in [0.2, 0.25) is 0 Å². The van der Waals surface area contributed by atoms with Gasteiger partial charge in [0.15, 0.2) is 0 Å². The van der Waals surface area contributed by atoms with Crippen LogP contribution in [0.25, 0.3) is 0 Å². The maximum absolute atomic E-state index is 2.52. The summed E-state index contributed by atoms with van der Waals surface area (Å²) in [6.45, 7) is 7.24. The van der Waals surface area contributed by atoms with E-state index < -0.39 is 0 Å². The van der Waals surface area contributed by atoms with Crippen molar-refractivity contribution < 1.29 is 0 Å². The van der Waals surface area contributed by atoms with Gasteiger partial charge in [-0.3, -0.25) is 0 Å². The average molecular weight is 208 g/mol. The van der Waals surface area contributed by atoms with Crippen molar-refractivity contribution in [3.63, 3.8) is 0 Å². The fraction of sp³-hybridized carbons (Fsp3) is 1.00. The van der Waals surface area contributed by atoms with Gasteiger partial charge >= 0.3 is 0 Å². The van der Waals surface area contributed by atoms with E-state index in [9.17, 15) is 0 Å². The van der Waals surface area contributed by atoms with Crippen LogP contribution in [-0.2, 0) is 0 Å². The molecule has 0 saturated heterocycles. The first kappa shape index (κ1) is 11.5. The molecular formula is C15H28. The summed E-state index contributed by atoms with van der Waals surface area (Å²) in [5, 5.41) is 0. The molecular weight excluding hydrogens is 180 g/mol. The topological polar surface area (TPSA) is 0 Å². The molecule has 1 spiro atoms. The minimum atomic E-state index is 0.849. The summed E-state index contributed by atoms with van der Waals surface area (Å²) in [4.78, 5) is 0. The van der Waals surface area contributed by atoms with E-state index >= 15 is 0 Å². The molecule has 0 aromatic heterocycles. The standard InChI is InChI=1S/C15H28/c1-4-6-7-12(3)14-9-11-15(14)10-8-13(15)5-2/h12-14H,4-11H2,1-3H3/t12?,13-,14?,15?/m1/s1. The molecule has 88 valence electrons. The smallest absolute Gasteiger partial charge is 0.0238 e. The highest BCUT2D eigenvalue weighted by atomic mass is 14.6. The van der Waals surface area contributed by atoms with Crippen LogP contribution in [0, 0.1) is 23.2 Å². The third-order valence-electron chi connectivity index (χ3n) is 5.62. The second kappa shape index (κ2) is 4.47. The fourth-order valence-corrected chi connectivity index (χ4v) is 4.41. The molecule has 3 unspecified atom stereocenters. The van der Waals surface area contributed by atoms with Crippen molar-refractivity contribution in [1.29, 1.82) is 0 Å². The monoisotopic (exact) mass is 208 g/mol. The van der Waals surface area contributed by atoms with E-state index in [1.165, 1.54) is 32.1 Å². The van der Waals surface area contributed by atoms with Crippen molar-refractivity contribution in [2.24, 2.45) is 23.2 Å². The molecule has 0 N–H and O–H groups in total. The van der Waals surface area contributed by atoms with Gasteiger partial charge in [-0.25, -0.2) is 0 Å². The minimum Gasteiger partial charge on any atom is -0.0654 e. The van der Waals surface area contributed by atoms with Crippen molar-refractivity contribution in [3.8, 4) is 0 Å². The molecule has 2 rings (SSSR count). The molecule has 15 heavy (non-hydrogen) atoms. The molecule has 0 aromatic carbocycles. The first-order valence-electron chi connectivity index (χ1n) is 7.24. The van der Waals surface area contributed by atoms with Gasteiger partial charge in [0.05, 0.1) is 0 Å². The molecule has 2 aliphatic rings. The minimum absolute atomic E-state index is 0.849. The predicted molar refractivity (Wildman–Crippen MR) is 66.9 cm³/mol. The maximum atomic E-state index is 2.52. The Bertz CT molecular complexity index is 202. The summed E-state index contributed by atoms with van der Waals surface area (Å²) in [6, 6.07) is 0. The quantitative estimate of drug-likeness (QED) is 0.594. The summed E-state index contributed by atoms with van der Waals surface area (Å²) in [7, 11) is 0. The van der Waals surface area contributed by atoms with E-state index in [2.05, 4.69) is 20.8 Å². The first-order chi connectivity index (χ1) is 7.24. The molecule has 0 aliphatic heterocycles. The summed E-state index contributed by atoms with van der Waals surface area (Å²) >= 11 is 0. The maximum Gasteiger partial charge on any atom is -0.0238 e. The van der Waals surface area contributed by atoms with E-state index in [1.807, 2.05) is 0 Å². The fourth-order valence-electron chi connectivity index (χ4n) is 4.41. The van der Waals surface area contributed by atoms with Crippen LogP contribution in [0.5, 0.6) is 0 Å². The number of hydrogen-bond donors (Lipinski definition) is 0. The Labute approximate surface area is 95.8 Å². The zero-order valence-electron chi connectivity index (χ0n) is 10.9. The van der Waals surface area contributed by atoms with Crippen molar-refractivity contribution >= 4 is 0 Å². The lowest BCUT2D eigenvalue weighted by molar-refractivity contribution is -0.136. The van der Waals surface area contributed by atoms with Crippen LogP contribution in [0.1, 0.15) is 72.1 Å². The Kier molecular flexibility index (Phi) is 3.42. The normalized spacial score (nSPS) is 41.0. The molecule has 2 saturated carbocycles. The lowest BCUT2D eigenvalue weighted by Crippen LogP contribution is -2.54. The van der Waals surface area contributed by atoms with Crippen molar-refractivity contribution in [3.05, 3.63) is 0 Å². The summed E-state index contributed by atoms with van der Waals surface area (Å²) < 4.78 is 0. The second-order valence-corrected chi connectivity index (χ2v) is 6.14. The number of unbranched alkanes of at least 4 members (excludes halogenated alkanes) is 1. The average Bonchev–Trinajstić information content (AvgIpc) is 2.12. The van der Waals surface area contributed by atoms with E-state index in [1.54, 1.807) is 19.3 Å². The highest BCUT2D eigenvalue weighted by Crippen LogP contribution is 2.66. The van der Waals surface area contributed by atoms with Gasteiger partial charge < -0.3 is 0 Å². The Balaban J connectivity index is 1.88. The summed E-state index contributed by atoms with van der Waals surface area (Å²) in [5.74, 6) is 3.20. The lowest BCUT2D eigenvalue weighted by atomic mass is 9.42. The zero-order valence-corrected chi connectivity index (χ0v) is 10.9. The second-order valence-electron chi connectivity index (χ2n) is 6.14. The summed E-state index contributed by atoms with van der Waals surface area (Å²) in [6.07, 6.45) is 12.0. The van der Waals surface area contributed by atoms with Gasteiger partial charge in [0.25, 0.3) is 0 Å². The van der Waals surface area contributed by atoms with Crippen LogP contribution < -0.4 is 0 Å². The zero-order chi connectivity index (χ0) is 10.9. The van der Waals surface area contributed by atoms with E-state index in [0.29, 0.717) is 0 Å². The van der Waals surface area contributed by atoms with E-state index in [0.717, 1.165) is 23.2 Å². The Morgan fingerprint density at radius 2 is 1.93 bits per heavy atom. The molecule has 0 amide bonds. The highest BCUT2D eigenvalue weighted by molar-refractivity contribution is 5.06. The molecule has 0 heterocycles. The molecule has 0 radical (unpaired) electrons. The van der Waals surface area contributed by atoms with Crippen LogP contribution in [0.2, 0.25) is 0 Å². The van der Waals surface area contributed by atoms with Gasteiger partial charge in [0, 0.05) is 0 Å². The van der Waals surface area contributed by atoms with Crippen LogP contribution in [-0.4, -0.2) is 0 Å². The highest BCUT2D eigenvalue weighted by Gasteiger charge is 2.57. The van der Waals surface area contributed by atoms with Crippen LogP contribution >= 0.6 is 0 Å². The SMILES string of the molecule is CCCCC(C)C1CCC12CC[C@H]2CC. The van der Waals surface area contributed by atoms with Gasteiger partial charge in [-0.15, -0.1) is 0 Å². The molecule has 2 fully saturated rings. The van der Waals surface area contributed by atoms with Crippen LogP contribution in [0.4, 0.5) is 0 Å². The van der Waals surface area contributed by atoms with Crippen LogP contribution in [0.15, 0.2) is 0 Å². The van der Waals surface area contributed by atoms with Crippen molar-refractivity contribution in [2.45, 2.75) is 72.1 Å². The van der Waals surface area contributed by atoms with Gasteiger partial charge in [-0.2, -0.15) is 0 Å². The Morgan fingerprint density at radius 1 is 1.20 bits per heavy atom. The first-order valence-corrected chi connectivity index (χ1v) is 7.24. The Morgan fingerprint density at radius 3 is 2.33 bits per heavy atom. The van der Waals surface area contributed by atoms with Crippen molar-refractivity contribution in [1.82, 2.24) is 0 Å². The molecule has 2 aliphatic carbocycles. The molecule has 0 nitrogen and oxygen atoms in total. The van der Waals surface area contributed by atoms with Gasteiger partial charge in [-0.05, 0) is 48.9 Å². The molecule has 0 heteroatoms. The molecule has 4 atom stereocenters. The third kappa shape index (κ3) is 1.74. The van der Waals surface area contributed by atoms with Gasteiger partial charge in [0.1, 0.15) is 0 Å². The third-order valence-corrected chi connectivity index (χ3v) is 5.62. The summed E-state index contributed by atoms with van der Waals surface area (Å²) in [5.41, 5.74) is 0.849. The van der Waals surface area contributed by atoms with Crippen LogP contribution in [0.3, 0.4) is 0 Å². The predicted octanol–water partition coefficient (Wildman–Crippen LogP) is 5.03. The van der Waals surface area contributed by atoms with Gasteiger partial charge in [-0.1, -0.05) is 46.5 Å². The lowest BCUT2D eigenvalue weighted by Gasteiger charge is -2.63. The molecule has 0 aromatic rings. The number of hydrogen-bond acceptors (Lipinski definition) is 0.